The number of carbonyl (C=O) groups excluding carboxylic acids is 4. The van der Waals surface area contributed by atoms with Crippen molar-refractivity contribution >= 4 is 80.3 Å². The Morgan fingerprint density at radius 1 is 0.888 bits per heavy atom. The summed E-state index contributed by atoms with van der Waals surface area (Å²) in [6.07, 6.45) is 13.7. The van der Waals surface area contributed by atoms with Crippen LogP contribution in [0.15, 0.2) is 153 Å². The number of fused-ring (bicyclic) bond motifs is 10. The molecule has 2 bridgehead atoms. The highest BCUT2D eigenvalue weighted by Gasteiger charge is 2.76. The van der Waals surface area contributed by atoms with Gasteiger partial charge >= 0.3 is 11.9 Å². The van der Waals surface area contributed by atoms with Crippen LogP contribution in [0.5, 0.6) is 11.5 Å². The van der Waals surface area contributed by atoms with Crippen LogP contribution < -0.4 is 32.6 Å². The number of hydrogen-bond acceptors (Lipinski definition) is 16. The number of pyridine rings is 1. The quantitative estimate of drug-likeness (QED) is 0.0192. The number of H-pyrrole nitrogens is 1. The fraction of sp³-hybridized carbons (Fsp3) is 0.468. The highest BCUT2D eigenvalue weighted by molar-refractivity contribution is 7.12. The first-order valence-corrected chi connectivity index (χ1v) is 36.8. The molecule has 6 fully saturated rings. The maximum Gasteiger partial charge on any atom is 0.375 e. The number of aromatic hydroxyl groups is 1. The van der Waals surface area contributed by atoms with Gasteiger partial charge in [-0.3, -0.25) is 14.4 Å². The molecule has 7 heterocycles. The minimum atomic E-state index is -1.73. The van der Waals surface area contributed by atoms with Gasteiger partial charge in [0.25, 0.3) is 0 Å². The van der Waals surface area contributed by atoms with Gasteiger partial charge in [0, 0.05) is 66.0 Å². The fourth-order valence-electron chi connectivity index (χ4n) is 17.9. The number of aromatic nitrogens is 1. The van der Waals surface area contributed by atoms with Crippen molar-refractivity contribution in [2.45, 2.75) is 146 Å². The predicted molar refractivity (Wildman–Crippen MR) is 376 cm³/mol. The summed E-state index contributed by atoms with van der Waals surface area (Å²) >= 11 is 16.4. The SMILES string of the molecule is CCc1cc2c(cc1CC)CC(NC[C@H](O)c1ccc(O)c3[nH]c(=O)ccc13)C2.C[C@@H]1C[C@H]2[C@@H]3CCC4=CC(=O)C=C[C@]4(C)[C@@]3(Cl)[C@@H](O)C[C@]2(C)[C@@]1(OC(=O)c1ccco1)C(=O)CCl.O=C(OC1C[N+]2(CCCOc3ccccc3)CCC1CC2)C(O)(c1cccs1)c1cccs1.[Br-]. The molecule has 16 nitrogen and oxygen atoms in total. The van der Waals surface area contributed by atoms with Gasteiger partial charge in [0.05, 0.1) is 70.7 Å². The maximum atomic E-state index is 13.6. The number of ether oxygens (including phenoxy) is 3. The summed E-state index contributed by atoms with van der Waals surface area (Å²) in [7, 11) is 0. The van der Waals surface area contributed by atoms with Gasteiger partial charge in [-0.05, 0) is 162 Å². The summed E-state index contributed by atoms with van der Waals surface area (Å²) < 4.78 is 24.3. The lowest BCUT2D eigenvalue weighted by atomic mass is 9.45. The minimum Gasteiger partial charge on any atom is -1.00 e. The zero-order valence-electron chi connectivity index (χ0n) is 56.0. The molecule has 522 valence electrons. The molecule has 0 spiro atoms. The maximum absolute atomic E-state index is 13.6. The average molecular weight is 1480 g/mol. The summed E-state index contributed by atoms with van der Waals surface area (Å²) in [5.41, 5.74) is 2.55. The first-order chi connectivity index (χ1) is 46.5. The number of ketones is 2. The molecule has 3 saturated heterocycles. The van der Waals surface area contributed by atoms with Gasteiger partial charge in [-0.25, -0.2) is 9.59 Å². The second-order valence-electron chi connectivity index (χ2n) is 28.1. The van der Waals surface area contributed by atoms with E-state index in [1.54, 1.807) is 24.3 Å². The predicted octanol–water partition coefficient (Wildman–Crippen LogP) is 9.69. The van der Waals surface area contributed by atoms with E-state index in [0.29, 0.717) is 70.6 Å². The van der Waals surface area contributed by atoms with Crippen molar-refractivity contribution in [2.24, 2.45) is 34.5 Å². The summed E-state index contributed by atoms with van der Waals surface area (Å²) in [5.74, 6) is -1.38. The Balaban J connectivity index is 0.000000149. The number of nitrogens with zero attached hydrogens (tertiary/aromatic N) is 1. The number of halogens is 3. The van der Waals surface area contributed by atoms with E-state index in [1.807, 2.05) is 92.2 Å². The van der Waals surface area contributed by atoms with Crippen LogP contribution >= 0.6 is 45.9 Å². The highest BCUT2D eigenvalue weighted by atomic mass is 79.9. The summed E-state index contributed by atoms with van der Waals surface area (Å²) in [6.45, 7) is 15.4. The number of para-hydroxylation sites is 1. The Bertz CT molecular complexity index is 4050. The standard InChI is InChI=1S/C27H30Cl2O6.C26H30NO4S2.C24H28N2O3.BrH/c1-15-11-19-18-7-6-16-12-17(30)8-9-24(16,2)26(18,29)21(31)13-25(19,3)27(15,22(32)14-28)35-23(33)20-5-4-10-34-20;28-25(26(29,23-9-4-17-32-23)24-10-5-18-33-24)31-22-19-27(14-11-20(22)12-15-27)13-6-16-30-21-7-2-1-3-8-21;1-3-14-9-16-11-18(12-17(16)10-15(14)4-2)25-13-22(28)19-5-7-21(27)24-20(19)6-8-23(29)26-24;/h4-5,8-10,12,15,18-19,21,31H,6-7,11,13-14H2,1-3H3;1-5,7-10,17-18,20,22,29H,6,11-16,19H2;5-10,18,22,25,27-28H,3-4,11-13H2,1-2H3,(H,26,29);1H/q;+1;;/p-1/t15-,18+,19+,21+,24+,25+,26+,27+;;22-;/m1.0./s1. The molecular formula is C77H88BrCl2N3O13S2. The molecule has 21 heteroatoms. The van der Waals surface area contributed by atoms with Crippen LogP contribution in [0.3, 0.4) is 0 Å². The molecule has 0 amide bonds. The number of benzene rings is 3. The van der Waals surface area contributed by atoms with E-state index in [2.05, 4.69) is 36.3 Å². The van der Waals surface area contributed by atoms with Gasteiger partial charge in [-0.15, -0.1) is 45.9 Å². The smallest absolute Gasteiger partial charge is 0.375 e. The average Bonchev–Trinajstić information content (AvgIpc) is 1.41. The topological polar surface area (TPSA) is 235 Å². The van der Waals surface area contributed by atoms with Crippen molar-refractivity contribution in [2.75, 3.05) is 45.2 Å². The van der Waals surface area contributed by atoms with Crippen molar-refractivity contribution in [1.82, 2.24) is 10.3 Å². The molecule has 7 aromatic rings. The molecular weight excluding hydrogens is 1390 g/mol. The first-order valence-electron chi connectivity index (χ1n) is 34.2. The third kappa shape index (κ3) is 13.4. The summed E-state index contributed by atoms with van der Waals surface area (Å²) in [5, 5.41) is 52.1. The van der Waals surface area contributed by atoms with Gasteiger partial charge in [-0.2, -0.15) is 0 Å². The van der Waals surface area contributed by atoms with E-state index in [-0.39, 0.29) is 81.8 Å². The normalized spacial score (nSPS) is 28.5. The zero-order chi connectivity index (χ0) is 68.7. The van der Waals surface area contributed by atoms with Gasteiger partial charge in [0.15, 0.2) is 23.3 Å². The Hall–Kier alpha value is -6.23. The third-order valence-electron chi connectivity index (χ3n) is 22.9. The lowest BCUT2D eigenvalue weighted by molar-refractivity contribution is -0.946. The number of piperidine rings is 3. The number of alkyl halides is 2. The van der Waals surface area contributed by atoms with E-state index in [9.17, 15) is 44.4 Å². The van der Waals surface area contributed by atoms with Crippen molar-refractivity contribution in [3.8, 4) is 11.5 Å². The monoisotopic (exact) mass is 1480 g/mol. The fourth-order valence-corrected chi connectivity index (χ4v) is 20.3. The molecule has 1 unspecified atom stereocenters. The summed E-state index contributed by atoms with van der Waals surface area (Å²) in [4.78, 5) is 66.6. The number of nitrogens with one attached hydrogen (secondary N) is 2. The number of rotatable bonds is 19. The van der Waals surface area contributed by atoms with Crippen molar-refractivity contribution < 1.29 is 79.7 Å². The lowest BCUT2D eigenvalue weighted by Crippen LogP contribution is -3.00. The second kappa shape index (κ2) is 29.8. The van der Waals surface area contributed by atoms with E-state index < -0.39 is 51.1 Å². The molecule has 3 aromatic carbocycles. The number of aryl methyl sites for hydroxylation is 2. The number of Topliss-reactive ketones (excluding diaryl/α,β-unsaturated/α-hetero) is 1. The van der Waals surface area contributed by atoms with Gasteiger partial charge in [-0.1, -0.05) is 94.8 Å². The molecule has 0 radical (unpaired) electrons. The van der Waals surface area contributed by atoms with Crippen LogP contribution in [0.25, 0.3) is 10.9 Å². The Morgan fingerprint density at radius 2 is 1.57 bits per heavy atom. The Kier molecular flexibility index (Phi) is 22.2. The van der Waals surface area contributed by atoms with Crippen molar-refractivity contribution in [1.29, 1.82) is 0 Å². The third-order valence-corrected chi connectivity index (χ3v) is 26.0. The number of aromatic amines is 1. The largest absolute Gasteiger partial charge is 1.00 e. The molecule has 3 aliphatic heterocycles. The summed E-state index contributed by atoms with van der Waals surface area (Å²) in [6, 6.07) is 31.6. The number of esters is 2. The van der Waals surface area contributed by atoms with Crippen LogP contribution in [-0.2, 0) is 55.1 Å². The molecule has 10 atom stereocenters. The number of thiophene rings is 2. The second-order valence-corrected chi connectivity index (χ2v) is 30.9. The van der Waals surface area contributed by atoms with Crippen LogP contribution in [0.4, 0.5) is 0 Å². The van der Waals surface area contributed by atoms with Crippen LogP contribution in [0.1, 0.15) is 134 Å². The molecule has 5 aliphatic carbocycles. The highest BCUT2D eigenvalue weighted by Crippen LogP contribution is 2.72. The van der Waals surface area contributed by atoms with E-state index in [1.165, 1.54) is 75.5 Å². The number of quaternary nitrogens is 1. The van der Waals surface area contributed by atoms with Gasteiger partial charge in [0.1, 0.15) is 18.0 Å². The van der Waals surface area contributed by atoms with E-state index in [0.717, 1.165) is 86.9 Å². The molecule has 3 saturated carbocycles. The number of phenols is 1. The molecule has 6 N–H and O–H groups in total. The van der Waals surface area contributed by atoms with E-state index in [4.69, 9.17) is 41.8 Å². The van der Waals surface area contributed by atoms with Gasteiger partial charge in [0.2, 0.25) is 16.9 Å². The van der Waals surface area contributed by atoms with Crippen LogP contribution in [-0.4, -0.2) is 127 Å². The zero-order valence-corrected chi connectivity index (χ0v) is 60.7. The Morgan fingerprint density at radius 3 is 2.19 bits per heavy atom. The van der Waals surface area contributed by atoms with Crippen molar-refractivity contribution in [3.63, 3.8) is 0 Å². The number of aliphatic hydroxyl groups is 3. The number of hydrogen-bond donors (Lipinski definition) is 6. The van der Waals surface area contributed by atoms with E-state index >= 15 is 0 Å². The minimum absolute atomic E-state index is 0. The van der Waals surface area contributed by atoms with Crippen LogP contribution in [0, 0.1) is 34.5 Å². The number of furan rings is 1. The molecule has 98 heavy (non-hydrogen) atoms. The molecule has 4 aromatic heterocycles. The van der Waals surface area contributed by atoms with Crippen molar-refractivity contribution in [3.05, 3.63) is 198 Å². The molecule has 8 aliphatic rings. The van der Waals surface area contributed by atoms with Gasteiger partial charge < -0.3 is 70.8 Å². The number of aliphatic hydroxyl groups excluding tert-OH is 2. The number of allylic oxidation sites excluding steroid dienone is 4. The Labute approximate surface area is 600 Å². The first kappa shape index (κ1) is 73.0. The van der Waals surface area contributed by atoms with Crippen LogP contribution in [0.2, 0.25) is 0 Å². The number of carbonyl (C=O) groups is 4. The number of phenolic OH excluding ortho intramolecular Hbond substituents is 1. The lowest BCUT2D eigenvalue weighted by Gasteiger charge is -2.64. The molecule has 15 rings (SSSR count).